The fourth-order valence-electron chi connectivity index (χ4n) is 7.08. The minimum atomic E-state index is -0.192. The number of rotatable bonds is 0. The smallest absolute Gasteiger partial charge is 0.167 e. The van der Waals surface area contributed by atoms with Crippen molar-refractivity contribution in [2.45, 2.75) is 37.5 Å². The van der Waals surface area contributed by atoms with E-state index in [2.05, 4.69) is 77.4 Å². The number of nitrogens with zero attached hydrogens (tertiary/aromatic N) is 3. The van der Waals surface area contributed by atoms with Gasteiger partial charge in [0, 0.05) is 32.2 Å². The summed E-state index contributed by atoms with van der Waals surface area (Å²) in [6.45, 7) is 0. The molecule has 1 aliphatic heterocycles. The fourth-order valence-corrected chi connectivity index (χ4v) is 8.50. The van der Waals surface area contributed by atoms with Gasteiger partial charge in [0.05, 0.1) is 11.0 Å². The second-order valence-corrected chi connectivity index (χ2v) is 11.2. The van der Waals surface area contributed by atoms with Crippen LogP contribution in [0.5, 0.6) is 11.5 Å². The van der Waals surface area contributed by atoms with Crippen LogP contribution in [-0.2, 0) is 5.41 Å². The number of para-hydroxylation sites is 2. The first kappa shape index (κ1) is 20.8. The quantitative estimate of drug-likeness (QED) is 0.199. The molecule has 0 unspecified atom stereocenters. The van der Waals surface area contributed by atoms with E-state index in [0.717, 1.165) is 69.2 Å². The van der Waals surface area contributed by atoms with Crippen LogP contribution in [0.4, 0.5) is 0 Å². The maximum atomic E-state index is 10.0. The average Bonchev–Trinajstić information content (AvgIpc) is 3.50. The van der Waals surface area contributed by atoms with Crippen molar-refractivity contribution in [1.82, 2.24) is 4.57 Å². The first-order valence-corrected chi connectivity index (χ1v) is 13.6. The van der Waals surface area contributed by atoms with E-state index in [9.17, 15) is 10.5 Å². The van der Waals surface area contributed by atoms with Gasteiger partial charge in [0.2, 0.25) is 0 Å². The minimum absolute atomic E-state index is 0.165. The van der Waals surface area contributed by atoms with Gasteiger partial charge >= 0.3 is 0 Å². The van der Waals surface area contributed by atoms with E-state index in [4.69, 9.17) is 4.74 Å². The molecule has 0 saturated heterocycles. The first-order chi connectivity index (χ1) is 18.3. The van der Waals surface area contributed by atoms with Crippen molar-refractivity contribution in [3.8, 4) is 28.6 Å². The monoisotopic (exact) mass is 495 g/mol. The Hall–Kier alpha value is -4.32. The predicted octanol–water partition coefficient (Wildman–Crippen LogP) is 8.36. The highest BCUT2D eigenvalue weighted by Gasteiger charge is 2.49. The lowest BCUT2D eigenvalue weighted by molar-refractivity contribution is 0.333. The summed E-state index contributed by atoms with van der Waals surface area (Å²) >= 11 is 1.67. The zero-order valence-electron chi connectivity index (χ0n) is 20.0. The molecule has 3 heterocycles. The van der Waals surface area contributed by atoms with Crippen molar-refractivity contribution >= 4 is 38.7 Å². The molecule has 0 bridgehead atoms. The van der Waals surface area contributed by atoms with E-state index in [0.29, 0.717) is 0 Å². The van der Waals surface area contributed by atoms with E-state index in [-0.39, 0.29) is 11.0 Å². The topological polar surface area (TPSA) is 61.7 Å². The molecule has 5 heteroatoms. The molecule has 5 aromatic rings. The van der Waals surface area contributed by atoms with Crippen LogP contribution in [0.3, 0.4) is 0 Å². The van der Waals surface area contributed by atoms with Crippen molar-refractivity contribution in [3.05, 3.63) is 93.9 Å². The van der Waals surface area contributed by atoms with E-state index in [1.165, 1.54) is 28.3 Å². The lowest BCUT2D eigenvalue weighted by Gasteiger charge is -2.43. The van der Waals surface area contributed by atoms with E-state index < -0.39 is 0 Å². The maximum Gasteiger partial charge on any atom is 0.167 e. The standard InChI is InChI=1S/C32H21N3OS/c33-17-19(18-34)26-22-10-2-4-12-23(22)32(15-6-1-7-16-32)27-29-31(37-30(26)27)35-24-13-5-3-9-20(24)21-11-8-14-25(36-29)28(21)35/h2-5,8-14H,1,6-7,15-16H2. The van der Waals surface area contributed by atoms with Crippen LogP contribution in [0.2, 0.25) is 0 Å². The molecule has 1 spiro atoms. The molecular formula is C32H21N3OS. The van der Waals surface area contributed by atoms with Crippen molar-refractivity contribution in [2.24, 2.45) is 0 Å². The summed E-state index contributed by atoms with van der Waals surface area (Å²) < 4.78 is 9.20. The number of hydrogen-bond acceptors (Lipinski definition) is 4. The molecule has 176 valence electrons. The molecule has 0 radical (unpaired) electrons. The third-order valence-electron chi connectivity index (χ3n) is 8.52. The third kappa shape index (κ3) is 2.50. The van der Waals surface area contributed by atoms with Gasteiger partial charge in [-0.1, -0.05) is 73.9 Å². The molecule has 1 fully saturated rings. The Bertz CT molecular complexity index is 1900. The Kier molecular flexibility index (Phi) is 4.14. The minimum Gasteiger partial charge on any atom is -0.452 e. The Morgan fingerprint density at radius 3 is 2.46 bits per heavy atom. The third-order valence-corrected chi connectivity index (χ3v) is 9.69. The van der Waals surface area contributed by atoms with Crippen LogP contribution in [0.15, 0.2) is 72.3 Å². The number of thiophene rings is 1. The second kappa shape index (κ2) is 7.35. The van der Waals surface area contributed by atoms with Gasteiger partial charge in [0.1, 0.15) is 22.7 Å². The zero-order chi connectivity index (χ0) is 24.7. The fraction of sp³-hybridized carbons (Fsp3) is 0.188. The highest BCUT2D eigenvalue weighted by atomic mass is 32.1. The molecule has 3 aliphatic rings. The number of aromatic nitrogens is 1. The van der Waals surface area contributed by atoms with Crippen molar-refractivity contribution in [1.29, 1.82) is 10.5 Å². The van der Waals surface area contributed by atoms with Gasteiger partial charge in [-0.2, -0.15) is 10.5 Å². The van der Waals surface area contributed by atoms with Gasteiger partial charge in [-0.3, -0.25) is 4.57 Å². The van der Waals surface area contributed by atoms with Gasteiger partial charge in [-0.25, -0.2) is 0 Å². The SMILES string of the molecule is N#CC(C#N)=C1c2ccccc2C2(CCCCC2)c2c1sc1c2Oc2cccc3c4ccccc4n-1c23. The highest BCUT2D eigenvalue weighted by molar-refractivity contribution is 7.16. The van der Waals surface area contributed by atoms with Crippen LogP contribution in [0.1, 0.15) is 53.7 Å². The Morgan fingerprint density at radius 1 is 0.865 bits per heavy atom. The average molecular weight is 496 g/mol. The molecular weight excluding hydrogens is 474 g/mol. The number of nitriles is 2. The van der Waals surface area contributed by atoms with Gasteiger partial charge in [-0.05, 0) is 36.1 Å². The lowest BCUT2D eigenvalue weighted by atomic mass is 9.60. The van der Waals surface area contributed by atoms with Gasteiger partial charge in [-0.15, -0.1) is 11.3 Å². The van der Waals surface area contributed by atoms with E-state index >= 15 is 0 Å². The zero-order valence-corrected chi connectivity index (χ0v) is 20.9. The summed E-state index contributed by atoms with van der Waals surface area (Å²) in [7, 11) is 0. The number of hydrogen-bond donors (Lipinski definition) is 0. The second-order valence-electron chi connectivity index (χ2n) is 10.2. The molecule has 0 atom stereocenters. The van der Waals surface area contributed by atoms with E-state index in [1.807, 2.05) is 6.07 Å². The van der Waals surface area contributed by atoms with E-state index in [1.54, 1.807) is 11.3 Å². The summed E-state index contributed by atoms with van der Waals surface area (Å²) in [5.74, 6) is 1.75. The molecule has 37 heavy (non-hydrogen) atoms. The van der Waals surface area contributed by atoms with Gasteiger partial charge in [0.15, 0.2) is 11.5 Å². The van der Waals surface area contributed by atoms with Gasteiger partial charge < -0.3 is 4.74 Å². The number of allylic oxidation sites excluding steroid dienone is 1. The Morgan fingerprint density at radius 2 is 1.62 bits per heavy atom. The molecule has 1 saturated carbocycles. The molecule has 0 amide bonds. The summed E-state index contributed by atoms with van der Waals surface area (Å²) in [5, 5.41) is 23.5. The van der Waals surface area contributed by atoms with Crippen LogP contribution in [0.25, 0.3) is 32.4 Å². The number of fused-ring (bicyclic) bond motifs is 10. The molecule has 4 nitrogen and oxygen atoms in total. The first-order valence-electron chi connectivity index (χ1n) is 12.8. The molecule has 2 aliphatic carbocycles. The summed E-state index contributed by atoms with van der Waals surface area (Å²) in [6, 6.07) is 27.6. The Labute approximate surface area is 218 Å². The van der Waals surface area contributed by atoms with Crippen LogP contribution >= 0.6 is 11.3 Å². The predicted molar refractivity (Wildman–Crippen MR) is 146 cm³/mol. The van der Waals surface area contributed by atoms with Crippen LogP contribution in [0, 0.1) is 22.7 Å². The molecule has 2 aromatic heterocycles. The van der Waals surface area contributed by atoms with Crippen molar-refractivity contribution in [2.75, 3.05) is 0 Å². The molecule has 3 aromatic carbocycles. The maximum absolute atomic E-state index is 10.0. The highest BCUT2D eigenvalue weighted by Crippen LogP contribution is 2.63. The summed E-state index contributed by atoms with van der Waals surface area (Å²) in [4.78, 5) is 1.02. The summed E-state index contributed by atoms with van der Waals surface area (Å²) in [5.41, 5.74) is 6.38. The number of benzene rings is 3. The molecule has 8 rings (SSSR count). The Balaban J connectivity index is 1.56. The number of ether oxygens (including phenoxy) is 1. The normalized spacial score (nSPS) is 16.4. The van der Waals surface area contributed by atoms with Crippen LogP contribution < -0.4 is 4.74 Å². The van der Waals surface area contributed by atoms with Crippen molar-refractivity contribution in [3.63, 3.8) is 0 Å². The largest absolute Gasteiger partial charge is 0.452 e. The van der Waals surface area contributed by atoms with Gasteiger partial charge in [0.25, 0.3) is 0 Å². The lowest BCUT2D eigenvalue weighted by Crippen LogP contribution is -2.35. The molecule has 0 N–H and O–H groups in total. The summed E-state index contributed by atoms with van der Waals surface area (Å²) in [6.07, 6.45) is 5.59. The van der Waals surface area contributed by atoms with Crippen LogP contribution in [-0.4, -0.2) is 4.57 Å². The van der Waals surface area contributed by atoms with Crippen molar-refractivity contribution < 1.29 is 4.74 Å².